The van der Waals surface area contributed by atoms with Crippen molar-refractivity contribution in [2.45, 2.75) is 163 Å². The molecule has 8 N–H and O–H groups in total. The standard InChI is InChI=1S/C54H70N2O10S2/c1-32(59)29-55-46-28-43-34(19-23-57)6-12-38(18-22-54(64)20-4-3-5-21-54)56-53(44(43)24-37(46)30-58)66-49-27-40(61)14-8-35-10-16-47(62)52(65-2)51(35)41-15-9-33-7-13-39(60)26-42(33)45(41)31-67-68-50-17-11-36(49)25-48(50)63/h7,9-10,13,15-16,24,26,28,34,36,38,48-50,53,55-58,60,62-64H,3-6,8,11-12,14,17-23,25,27,29-31H2,1-2H3. The summed E-state index contributed by atoms with van der Waals surface area (Å²) in [4.78, 5) is 26.8. The third-order valence-electron chi connectivity index (χ3n) is 15.1. The molecule has 4 aromatic carbocycles. The minimum atomic E-state index is -0.730. The van der Waals surface area contributed by atoms with E-state index in [9.17, 15) is 40.2 Å². The van der Waals surface area contributed by atoms with E-state index in [0.29, 0.717) is 66.8 Å². The molecular formula is C54H70N2O10S2. The highest BCUT2D eigenvalue weighted by Crippen LogP contribution is 2.49. The van der Waals surface area contributed by atoms with Gasteiger partial charge < -0.3 is 45.4 Å². The number of fused-ring (bicyclic) bond motifs is 10. The van der Waals surface area contributed by atoms with Crippen LogP contribution >= 0.6 is 21.6 Å². The first-order valence-electron chi connectivity index (χ1n) is 24.7. The van der Waals surface area contributed by atoms with Crippen LogP contribution < -0.4 is 15.4 Å². The van der Waals surface area contributed by atoms with Crippen LogP contribution in [0.5, 0.6) is 17.2 Å². The lowest BCUT2D eigenvalue weighted by Crippen LogP contribution is -2.44. The summed E-state index contributed by atoms with van der Waals surface area (Å²) >= 11 is 0. The Bertz CT molecular complexity index is 2410. The van der Waals surface area contributed by atoms with E-state index >= 15 is 0 Å². The van der Waals surface area contributed by atoms with Crippen LogP contribution in [0, 0.1) is 5.92 Å². The zero-order valence-corrected chi connectivity index (χ0v) is 41.1. The molecule has 5 aliphatic rings. The van der Waals surface area contributed by atoms with E-state index < -0.39 is 24.0 Å². The molecule has 4 aromatic rings. The predicted molar refractivity (Wildman–Crippen MR) is 270 cm³/mol. The van der Waals surface area contributed by atoms with Gasteiger partial charge in [-0.05, 0) is 158 Å². The minimum Gasteiger partial charge on any atom is -0.508 e. The quantitative estimate of drug-likeness (QED) is 0.0625. The Morgan fingerprint density at radius 3 is 2.50 bits per heavy atom. The smallest absolute Gasteiger partial charge is 0.168 e. The number of aromatic hydroxyl groups is 2. The first-order valence-corrected chi connectivity index (χ1v) is 27.1. The van der Waals surface area contributed by atoms with Crippen molar-refractivity contribution in [2.75, 3.05) is 25.6 Å². The average Bonchev–Trinajstić information content (AvgIpc) is 3.32. The fourth-order valence-corrected chi connectivity index (χ4v) is 14.3. The molecular weight excluding hydrogens is 901 g/mol. The number of rotatable bonds is 12. The van der Waals surface area contributed by atoms with Gasteiger partial charge in [0, 0.05) is 53.3 Å². The highest BCUT2D eigenvalue weighted by Gasteiger charge is 2.39. The average molecular weight is 971 g/mol. The molecule has 0 radical (unpaired) electrons. The van der Waals surface area contributed by atoms with Crippen LogP contribution in [0.25, 0.3) is 21.9 Å². The predicted octanol–water partition coefficient (Wildman–Crippen LogP) is 9.51. The normalized spacial score (nSPS) is 25.7. The van der Waals surface area contributed by atoms with Crippen LogP contribution in [0.1, 0.15) is 143 Å². The van der Waals surface area contributed by atoms with Crippen LogP contribution in [-0.2, 0) is 33.1 Å². The topological polar surface area (TPSA) is 198 Å². The maximum atomic E-state index is 14.6. The minimum absolute atomic E-state index is 0.00888. The van der Waals surface area contributed by atoms with Crippen molar-refractivity contribution in [3.05, 3.63) is 82.4 Å². The fraction of sp³-hybridized carbons (Fsp3) is 0.556. The third-order valence-corrected chi connectivity index (χ3v) is 18.0. The number of aliphatic hydroxyl groups is 4. The Hall–Kier alpha value is -3.86. The lowest BCUT2D eigenvalue weighted by atomic mass is 9.79. The van der Waals surface area contributed by atoms with E-state index in [2.05, 4.69) is 10.6 Å². The molecule has 0 saturated heterocycles. The van der Waals surface area contributed by atoms with Gasteiger partial charge in [-0.3, -0.25) is 14.9 Å². The molecule has 0 amide bonds. The number of carbonyl (C=O) groups is 2. The van der Waals surface area contributed by atoms with Crippen molar-refractivity contribution in [1.29, 1.82) is 0 Å². The van der Waals surface area contributed by atoms with Crippen molar-refractivity contribution >= 4 is 49.6 Å². The number of phenolic OH excluding ortho intramolecular Hbond substituents is 2. The molecule has 7 unspecified atom stereocenters. The molecule has 0 spiro atoms. The zero-order chi connectivity index (χ0) is 48.0. The zero-order valence-electron chi connectivity index (χ0n) is 39.5. The fourth-order valence-electron chi connectivity index (χ4n) is 11.4. The number of benzene rings is 4. The van der Waals surface area contributed by atoms with Crippen molar-refractivity contribution in [1.82, 2.24) is 5.32 Å². The van der Waals surface area contributed by atoms with E-state index in [1.807, 2.05) is 36.4 Å². The van der Waals surface area contributed by atoms with Crippen LogP contribution in [0.3, 0.4) is 0 Å². The molecule has 3 aliphatic heterocycles. The van der Waals surface area contributed by atoms with E-state index in [1.165, 1.54) is 14.0 Å². The van der Waals surface area contributed by atoms with E-state index in [1.54, 1.807) is 39.8 Å². The van der Waals surface area contributed by atoms with Crippen molar-refractivity contribution < 1.29 is 49.7 Å². The Morgan fingerprint density at radius 2 is 1.75 bits per heavy atom. The number of phenols is 2. The summed E-state index contributed by atoms with van der Waals surface area (Å²) < 4.78 is 13.3. The van der Waals surface area contributed by atoms with Crippen LogP contribution in [0.2, 0.25) is 0 Å². The largest absolute Gasteiger partial charge is 0.508 e. The van der Waals surface area contributed by atoms with Gasteiger partial charge in [0.05, 0.1) is 38.1 Å². The number of Topliss-reactive ketones (excluding diaryl/α,β-unsaturated/α-hetero) is 2. The highest BCUT2D eigenvalue weighted by molar-refractivity contribution is 8.76. The molecule has 12 nitrogen and oxygen atoms in total. The van der Waals surface area contributed by atoms with Gasteiger partial charge >= 0.3 is 0 Å². The summed E-state index contributed by atoms with van der Waals surface area (Å²) in [5.41, 5.74) is 5.61. The maximum Gasteiger partial charge on any atom is 0.168 e. The molecule has 9 rings (SSSR count). The molecule has 3 heterocycles. The molecule has 2 fully saturated rings. The molecule has 2 saturated carbocycles. The molecule has 14 heteroatoms. The summed E-state index contributed by atoms with van der Waals surface area (Å²) in [6.07, 6.45) is 8.64. The maximum absolute atomic E-state index is 14.6. The first kappa shape index (κ1) is 50.5. The van der Waals surface area contributed by atoms with Gasteiger partial charge in [0.2, 0.25) is 0 Å². The monoisotopic (exact) mass is 970 g/mol. The summed E-state index contributed by atoms with van der Waals surface area (Å²) in [7, 11) is 4.84. The number of anilines is 1. The number of nitrogens with one attached hydrogen (secondary N) is 2. The Labute approximate surface area is 408 Å². The highest BCUT2D eigenvalue weighted by atomic mass is 33.1. The molecule has 2 aliphatic carbocycles. The Balaban J connectivity index is 1.17. The number of aryl methyl sites for hydroxylation is 1. The lowest BCUT2D eigenvalue weighted by Gasteiger charge is -2.41. The number of aliphatic hydroxyl groups excluding tert-OH is 3. The second-order valence-corrected chi connectivity index (χ2v) is 22.4. The SMILES string of the molecule is COc1c(O)ccc2c1-c1ccc3ccc(O)cc3c1CSSC1CCC(CC1O)C(OC1NC(CCC3(O)CCCCC3)CCC(CCO)c3cc(NCC(C)=O)c(CO)cc31)CC(=O)CC2. The number of hydrogen-bond donors (Lipinski definition) is 8. The van der Waals surface area contributed by atoms with Crippen LogP contribution in [-0.4, -0.2) is 91.6 Å². The van der Waals surface area contributed by atoms with Gasteiger partial charge in [-0.2, -0.15) is 0 Å². The van der Waals surface area contributed by atoms with Gasteiger partial charge in [-0.1, -0.05) is 65.1 Å². The van der Waals surface area contributed by atoms with Crippen molar-refractivity contribution in [3.63, 3.8) is 0 Å². The third kappa shape index (κ3) is 11.8. The van der Waals surface area contributed by atoms with E-state index in [0.717, 1.165) is 90.0 Å². The van der Waals surface area contributed by atoms with Gasteiger partial charge in [-0.15, -0.1) is 0 Å². The number of ether oxygens (including phenoxy) is 2. The van der Waals surface area contributed by atoms with E-state index in [4.69, 9.17) is 9.47 Å². The van der Waals surface area contributed by atoms with Gasteiger partial charge in [0.1, 0.15) is 23.5 Å². The molecule has 7 atom stereocenters. The van der Waals surface area contributed by atoms with Gasteiger partial charge in [-0.25, -0.2) is 0 Å². The number of hydrogen-bond acceptors (Lipinski definition) is 14. The van der Waals surface area contributed by atoms with Crippen molar-refractivity contribution in [2.24, 2.45) is 5.92 Å². The van der Waals surface area contributed by atoms with Crippen LogP contribution in [0.4, 0.5) is 5.69 Å². The second-order valence-electron chi connectivity index (χ2n) is 19.8. The summed E-state index contributed by atoms with van der Waals surface area (Å²) in [6.45, 7) is 1.29. The molecule has 368 valence electrons. The van der Waals surface area contributed by atoms with Gasteiger partial charge in [0.25, 0.3) is 0 Å². The summed E-state index contributed by atoms with van der Waals surface area (Å²) in [5.74, 6) is 0.709. The lowest BCUT2D eigenvalue weighted by molar-refractivity contribution is -0.129. The number of ketones is 2. The first-order chi connectivity index (χ1) is 32.9. The van der Waals surface area contributed by atoms with Crippen molar-refractivity contribution in [3.8, 4) is 28.4 Å². The molecule has 68 heavy (non-hydrogen) atoms. The second kappa shape index (κ2) is 22.9. The Kier molecular flexibility index (Phi) is 17.0. The van der Waals surface area contributed by atoms with Crippen LogP contribution in [0.15, 0.2) is 54.6 Å². The summed E-state index contributed by atoms with van der Waals surface area (Å²) in [5, 5.41) is 75.5. The summed E-state index contributed by atoms with van der Waals surface area (Å²) in [6, 6.07) is 16.7. The van der Waals surface area contributed by atoms with E-state index in [-0.39, 0.29) is 78.8 Å². The Morgan fingerprint density at radius 1 is 0.941 bits per heavy atom. The number of carbonyl (C=O) groups excluding carboxylic acids is 2. The molecule has 2 bridgehead atoms. The molecule has 0 aromatic heterocycles. The van der Waals surface area contributed by atoms with Gasteiger partial charge in [0.15, 0.2) is 11.5 Å². The number of methoxy groups -OCH3 is 1.